The van der Waals surface area contributed by atoms with Crippen molar-refractivity contribution in [1.82, 2.24) is 19.9 Å². The monoisotopic (exact) mass is 956 g/mol. The van der Waals surface area contributed by atoms with E-state index in [1.54, 1.807) is 0 Å². The molecule has 0 bridgehead atoms. The molecule has 0 spiro atoms. The van der Waals surface area contributed by atoms with Gasteiger partial charge in [0, 0.05) is 0 Å². The Morgan fingerprint density at radius 3 is 0.775 bits per heavy atom. The van der Waals surface area contributed by atoms with Gasteiger partial charge in [-0.1, -0.05) is 0 Å². The number of hydrogen-bond acceptors (Lipinski definition) is 4. The Hall–Kier alpha value is -2.61. The second-order valence-corrected chi connectivity index (χ2v) is 24.4. The summed E-state index contributed by atoms with van der Waals surface area (Å²) < 4.78 is 7.72. The van der Waals surface area contributed by atoms with Gasteiger partial charge in [0.15, 0.2) is 0 Å². The van der Waals surface area contributed by atoms with Gasteiger partial charge in [-0.3, -0.25) is 0 Å². The second-order valence-electron chi connectivity index (χ2n) is 8.09. The number of pyridine rings is 4. The van der Waals surface area contributed by atoms with E-state index in [4.69, 9.17) is 0 Å². The first-order valence-electron chi connectivity index (χ1n) is 12.2. The van der Waals surface area contributed by atoms with Gasteiger partial charge in [0.2, 0.25) is 0 Å². The minimum atomic E-state index is -2.29. The summed E-state index contributed by atoms with van der Waals surface area (Å²) in [6, 6.07) is 46.0. The van der Waals surface area contributed by atoms with Gasteiger partial charge in [-0.25, -0.2) is 0 Å². The van der Waals surface area contributed by atoms with Crippen LogP contribution in [0.25, 0.3) is 0 Å². The molecule has 200 valence electrons. The number of halogens is 2. The van der Waals surface area contributed by atoms with Crippen molar-refractivity contribution in [3.8, 4) is 0 Å². The molecule has 6 aromatic rings. The third kappa shape index (κ3) is 8.69. The van der Waals surface area contributed by atoms with Crippen LogP contribution in [0.2, 0.25) is 0 Å². The van der Waals surface area contributed by atoms with Crippen LogP contribution in [-0.2, 0) is 0 Å². The summed E-state index contributed by atoms with van der Waals surface area (Å²) in [7, 11) is 0. The van der Waals surface area contributed by atoms with Crippen molar-refractivity contribution in [1.29, 1.82) is 0 Å². The first-order valence-corrected chi connectivity index (χ1v) is 22.7. The Labute approximate surface area is 264 Å². The molecular formula is C32H28Bi2Cl2N4. The zero-order valence-corrected chi connectivity index (χ0v) is 30.1. The summed E-state index contributed by atoms with van der Waals surface area (Å²) in [6.45, 7) is 0. The Morgan fingerprint density at radius 1 is 0.300 bits per heavy atom. The van der Waals surface area contributed by atoms with E-state index in [-0.39, 0.29) is 24.8 Å². The molecule has 0 aliphatic heterocycles. The molecule has 2 aromatic carbocycles. The molecular weight excluding hydrogens is 929 g/mol. The maximum atomic E-state index is 4.58. The Kier molecular flexibility index (Phi) is 13.8. The number of benzene rings is 2. The zero-order chi connectivity index (χ0) is 25.8. The van der Waals surface area contributed by atoms with Crippen LogP contribution >= 0.6 is 24.8 Å². The topological polar surface area (TPSA) is 51.6 Å². The summed E-state index contributed by atoms with van der Waals surface area (Å²) in [5.41, 5.74) is 0. The van der Waals surface area contributed by atoms with E-state index >= 15 is 0 Å². The van der Waals surface area contributed by atoms with E-state index in [1.807, 2.05) is 49.1 Å². The molecule has 8 heteroatoms. The first kappa shape index (κ1) is 31.9. The van der Waals surface area contributed by atoms with Crippen LogP contribution < -0.4 is 20.2 Å². The average molecular weight is 957 g/mol. The Balaban J connectivity index is 0.000000210. The molecule has 0 saturated heterocycles. The molecule has 0 unspecified atom stereocenters. The number of nitrogens with zero attached hydrogens (tertiary/aromatic N) is 4. The molecule has 4 heterocycles. The first-order chi connectivity index (χ1) is 18.9. The van der Waals surface area contributed by atoms with Gasteiger partial charge in [-0.2, -0.15) is 0 Å². The molecule has 0 aliphatic carbocycles. The van der Waals surface area contributed by atoms with Gasteiger partial charge in [-0.05, 0) is 0 Å². The van der Waals surface area contributed by atoms with Crippen molar-refractivity contribution < 1.29 is 0 Å². The molecule has 0 N–H and O–H groups in total. The standard InChI is InChI=1S/2C6H5.4C5H4N.2Bi.2ClH/c6*1-2-4-6-5-3-1;;;;/h2*1-5H;4*1-4H;;;2*1H. The summed E-state index contributed by atoms with van der Waals surface area (Å²) in [5, 5.41) is 0. The van der Waals surface area contributed by atoms with Crippen molar-refractivity contribution in [2.75, 3.05) is 0 Å². The fourth-order valence-corrected chi connectivity index (χ4v) is 19.9. The predicted octanol–water partition coefficient (Wildman–Crippen LogP) is 2.83. The summed E-state index contributed by atoms with van der Waals surface area (Å²) in [5.74, 6) is 0. The second kappa shape index (κ2) is 17.3. The quantitative estimate of drug-likeness (QED) is 0.242. The molecule has 4 nitrogen and oxygen atoms in total. The van der Waals surface area contributed by atoms with E-state index in [0.717, 1.165) is 0 Å². The summed E-state index contributed by atoms with van der Waals surface area (Å²) in [6.07, 6.45) is 7.51. The number of aromatic nitrogens is 4. The number of rotatable bonds is 6. The minimum absolute atomic E-state index is 0. The SMILES string of the molecule is Cl.Cl.c1cc[c]([Bi]([c]2ccccn2)[c]2ccccn2)cc1.c1cc[c]([Bi]([c]2ccccn2)[c]2ccccn2)cc1. The molecule has 0 amide bonds. The van der Waals surface area contributed by atoms with Crippen molar-refractivity contribution >= 4 is 88.5 Å². The Bertz CT molecular complexity index is 1200. The van der Waals surface area contributed by atoms with E-state index in [0.29, 0.717) is 0 Å². The van der Waals surface area contributed by atoms with Gasteiger partial charge in [0.1, 0.15) is 0 Å². The molecule has 0 aliphatic rings. The van der Waals surface area contributed by atoms with Crippen LogP contribution in [-0.4, -0.2) is 63.4 Å². The third-order valence-electron chi connectivity index (χ3n) is 5.54. The summed E-state index contributed by atoms with van der Waals surface area (Å²) in [4.78, 5) is 18.3. The maximum absolute atomic E-state index is 4.58. The molecule has 4 aromatic heterocycles. The van der Waals surface area contributed by atoms with Gasteiger partial charge >= 0.3 is 242 Å². The fraction of sp³-hybridized carbons (Fsp3) is 0. The van der Waals surface area contributed by atoms with Crippen LogP contribution in [0.15, 0.2) is 158 Å². The van der Waals surface area contributed by atoms with E-state index < -0.39 is 43.5 Å². The van der Waals surface area contributed by atoms with Crippen LogP contribution in [0.4, 0.5) is 0 Å². The zero-order valence-electron chi connectivity index (χ0n) is 21.5. The average Bonchev–Trinajstić information content (AvgIpc) is 3.01. The van der Waals surface area contributed by atoms with Gasteiger partial charge in [0.05, 0.1) is 0 Å². The third-order valence-corrected chi connectivity index (χ3v) is 23.1. The van der Waals surface area contributed by atoms with Crippen molar-refractivity contribution in [3.05, 3.63) is 158 Å². The van der Waals surface area contributed by atoms with E-state index in [9.17, 15) is 0 Å². The predicted molar refractivity (Wildman–Crippen MR) is 174 cm³/mol. The molecule has 6 rings (SSSR count). The molecule has 0 fully saturated rings. The van der Waals surface area contributed by atoms with E-state index in [2.05, 4.69) is 129 Å². The van der Waals surface area contributed by atoms with Gasteiger partial charge < -0.3 is 0 Å². The van der Waals surface area contributed by atoms with Crippen molar-refractivity contribution in [2.45, 2.75) is 0 Å². The molecule has 40 heavy (non-hydrogen) atoms. The summed E-state index contributed by atoms with van der Waals surface area (Å²) >= 11 is -4.57. The molecule has 0 saturated carbocycles. The Morgan fingerprint density at radius 2 is 0.550 bits per heavy atom. The van der Waals surface area contributed by atoms with Crippen molar-refractivity contribution in [2.24, 2.45) is 0 Å². The van der Waals surface area contributed by atoms with Crippen LogP contribution in [0.5, 0.6) is 0 Å². The van der Waals surface area contributed by atoms with Gasteiger partial charge in [-0.15, -0.1) is 24.8 Å². The van der Waals surface area contributed by atoms with Crippen LogP contribution in [0, 0.1) is 0 Å². The van der Waals surface area contributed by atoms with Crippen molar-refractivity contribution in [3.63, 3.8) is 0 Å². The van der Waals surface area contributed by atoms with Crippen LogP contribution in [0.3, 0.4) is 0 Å². The fourth-order valence-electron chi connectivity index (χ4n) is 3.86. The molecule has 0 radical (unpaired) electrons. The van der Waals surface area contributed by atoms with Gasteiger partial charge in [0.25, 0.3) is 0 Å². The molecule has 0 atom stereocenters. The van der Waals surface area contributed by atoms with E-state index in [1.165, 1.54) is 20.2 Å². The van der Waals surface area contributed by atoms with Crippen LogP contribution in [0.1, 0.15) is 0 Å². The number of hydrogen-bond donors (Lipinski definition) is 0. The normalized spacial score (nSPS) is 10.1.